The largest absolute Gasteiger partial charge is 0.481 e. The SMILES string of the molecule is COc1ncccc1CNC(=O)C1CNc2ccccc21. The Kier molecular flexibility index (Phi) is 3.73. The molecule has 0 fully saturated rings. The van der Waals surface area contributed by atoms with Gasteiger partial charge in [0.1, 0.15) is 0 Å². The van der Waals surface area contributed by atoms with E-state index in [9.17, 15) is 4.79 Å². The minimum atomic E-state index is -0.149. The van der Waals surface area contributed by atoms with Gasteiger partial charge in [0.05, 0.1) is 13.0 Å². The van der Waals surface area contributed by atoms with Crippen LogP contribution in [0.5, 0.6) is 5.88 Å². The number of pyridine rings is 1. The molecule has 108 valence electrons. The molecule has 2 N–H and O–H groups in total. The Balaban J connectivity index is 1.68. The summed E-state index contributed by atoms with van der Waals surface area (Å²) in [7, 11) is 1.57. The van der Waals surface area contributed by atoms with Gasteiger partial charge in [-0.1, -0.05) is 24.3 Å². The molecule has 1 unspecified atom stereocenters. The van der Waals surface area contributed by atoms with Gasteiger partial charge in [0.15, 0.2) is 0 Å². The molecule has 1 aromatic carbocycles. The molecular weight excluding hydrogens is 266 g/mol. The van der Waals surface area contributed by atoms with E-state index in [0.29, 0.717) is 19.0 Å². The van der Waals surface area contributed by atoms with E-state index in [4.69, 9.17) is 4.74 Å². The van der Waals surface area contributed by atoms with Crippen molar-refractivity contribution in [3.63, 3.8) is 0 Å². The van der Waals surface area contributed by atoms with E-state index < -0.39 is 0 Å². The Labute approximate surface area is 123 Å². The molecular formula is C16H17N3O2. The second-order valence-corrected chi connectivity index (χ2v) is 4.91. The highest BCUT2D eigenvalue weighted by molar-refractivity contribution is 5.88. The number of rotatable bonds is 4. The number of methoxy groups -OCH3 is 1. The zero-order valence-corrected chi connectivity index (χ0v) is 11.8. The third-order valence-corrected chi connectivity index (χ3v) is 3.65. The van der Waals surface area contributed by atoms with Gasteiger partial charge in [-0.05, 0) is 17.7 Å². The second-order valence-electron chi connectivity index (χ2n) is 4.91. The van der Waals surface area contributed by atoms with Crippen LogP contribution < -0.4 is 15.4 Å². The van der Waals surface area contributed by atoms with Crippen molar-refractivity contribution < 1.29 is 9.53 Å². The van der Waals surface area contributed by atoms with E-state index in [1.807, 2.05) is 36.4 Å². The first-order chi connectivity index (χ1) is 10.3. The molecule has 1 amide bonds. The van der Waals surface area contributed by atoms with Crippen molar-refractivity contribution in [2.24, 2.45) is 0 Å². The average molecular weight is 283 g/mol. The molecule has 1 atom stereocenters. The smallest absolute Gasteiger partial charge is 0.229 e. The summed E-state index contributed by atoms with van der Waals surface area (Å²) in [5, 5.41) is 6.21. The van der Waals surface area contributed by atoms with Crippen molar-refractivity contribution in [3.8, 4) is 5.88 Å². The van der Waals surface area contributed by atoms with Crippen molar-refractivity contribution >= 4 is 11.6 Å². The van der Waals surface area contributed by atoms with E-state index in [2.05, 4.69) is 15.6 Å². The van der Waals surface area contributed by atoms with Crippen LogP contribution in [0, 0.1) is 0 Å². The molecule has 5 heteroatoms. The Bertz CT molecular complexity index is 657. The van der Waals surface area contributed by atoms with Gasteiger partial charge >= 0.3 is 0 Å². The maximum Gasteiger partial charge on any atom is 0.229 e. The van der Waals surface area contributed by atoms with Gasteiger partial charge < -0.3 is 15.4 Å². The highest BCUT2D eigenvalue weighted by atomic mass is 16.5. The molecule has 0 bridgehead atoms. The third-order valence-electron chi connectivity index (χ3n) is 3.65. The zero-order valence-electron chi connectivity index (χ0n) is 11.8. The normalized spacial score (nSPS) is 16.0. The summed E-state index contributed by atoms with van der Waals surface area (Å²) in [6, 6.07) is 11.6. The van der Waals surface area contributed by atoms with Crippen LogP contribution in [0.2, 0.25) is 0 Å². The van der Waals surface area contributed by atoms with E-state index in [-0.39, 0.29) is 11.8 Å². The van der Waals surface area contributed by atoms with Crippen molar-refractivity contribution in [2.45, 2.75) is 12.5 Å². The summed E-state index contributed by atoms with van der Waals surface area (Å²) in [6.07, 6.45) is 1.67. The van der Waals surface area contributed by atoms with Crippen LogP contribution in [-0.4, -0.2) is 24.5 Å². The van der Waals surface area contributed by atoms with Crippen LogP contribution in [0.15, 0.2) is 42.6 Å². The quantitative estimate of drug-likeness (QED) is 0.900. The molecule has 1 aliphatic rings. The summed E-state index contributed by atoms with van der Waals surface area (Å²) in [4.78, 5) is 16.5. The fourth-order valence-corrected chi connectivity index (χ4v) is 2.57. The van der Waals surface area contributed by atoms with Crippen molar-refractivity contribution in [2.75, 3.05) is 19.0 Å². The van der Waals surface area contributed by atoms with Crippen molar-refractivity contribution in [1.29, 1.82) is 0 Å². The standard InChI is InChI=1S/C16H17N3O2/c1-21-16-11(5-4-8-17-16)9-19-15(20)13-10-18-14-7-3-2-6-12(13)14/h2-8,13,18H,9-10H2,1H3,(H,19,20). The Morgan fingerprint density at radius 3 is 3.10 bits per heavy atom. The molecule has 1 aromatic heterocycles. The van der Waals surface area contributed by atoms with Crippen LogP contribution in [-0.2, 0) is 11.3 Å². The molecule has 2 aromatic rings. The number of nitrogens with one attached hydrogen (secondary N) is 2. The topological polar surface area (TPSA) is 63.2 Å². The van der Waals surface area contributed by atoms with E-state index in [0.717, 1.165) is 16.8 Å². The Morgan fingerprint density at radius 1 is 1.38 bits per heavy atom. The first-order valence-corrected chi connectivity index (χ1v) is 6.88. The van der Waals surface area contributed by atoms with E-state index in [1.165, 1.54) is 0 Å². The maximum atomic E-state index is 12.4. The summed E-state index contributed by atoms with van der Waals surface area (Å²) in [5.41, 5.74) is 2.96. The molecule has 0 radical (unpaired) electrons. The highest BCUT2D eigenvalue weighted by Gasteiger charge is 2.27. The number of carbonyl (C=O) groups excluding carboxylic acids is 1. The fourth-order valence-electron chi connectivity index (χ4n) is 2.57. The van der Waals surface area contributed by atoms with Crippen LogP contribution in [0.4, 0.5) is 5.69 Å². The van der Waals surface area contributed by atoms with Gasteiger partial charge in [-0.25, -0.2) is 4.98 Å². The number of para-hydroxylation sites is 1. The monoisotopic (exact) mass is 283 g/mol. The highest BCUT2D eigenvalue weighted by Crippen LogP contribution is 2.31. The van der Waals surface area contributed by atoms with Gasteiger partial charge in [0.2, 0.25) is 11.8 Å². The summed E-state index contributed by atoms with van der Waals surface area (Å²) in [6.45, 7) is 1.05. The summed E-state index contributed by atoms with van der Waals surface area (Å²) in [5.74, 6) is 0.407. The first kappa shape index (κ1) is 13.4. The lowest BCUT2D eigenvalue weighted by atomic mass is 10.0. The number of nitrogens with zero attached hydrogens (tertiary/aromatic N) is 1. The predicted octanol–water partition coefficient (Wildman–Crippen LogP) is 1.92. The van der Waals surface area contributed by atoms with Gasteiger partial charge in [0, 0.05) is 30.5 Å². The average Bonchev–Trinajstić information content (AvgIpc) is 2.97. The Hall–Kier alpha value is -2.56. The predicted molar refractivity (Wildman–Crippen MR) is 80.3 cm³/mol. The number of benzene rings is 1. The van der Waals surface area contributed by atoms with Gasteiger partial charge in [-0.2, -0.15) is 0 Å². The molecule has 1 aliphatic heterocycles. The minimum Gasteiger partial charge on any atom is -0.481 e. The van der Waals surface area contributed by atoms with E-state index >= 15 is 0 Å². The number of ether oxygens (including phenoxy) is 1. The zero-order chi connectivity index (χ0) is 14.7. The first-order valence-electron chi connectivity index (χ1n) is 6.88. The van der Waals surface area contributed by atoms with Gasteiger partial charge in [-0.3, -0.25) is 4.79 Å². The van der Waals surface area contributed by atoms with E-state index in [1.54, 1.807) is 13.3 Å². The number of hydrogen-bond donors (Lipinski definition) is 2. The molecule has 0 saturated carbocycles. The van der Waals surface area contributed by atoms with Crippen LogP contribution in [0.3, 0.4) is 0 Å². The summed E-state index contributed by atoms with van der Waals surface area (Å²) < 4.78 is 5.18. The molecule has 2 heterocycles. The van der Waals surface area contributed by atoms with Crippen molar-refractivity contribution in [1.82, 2.24) is 10.3 Å². The Morgan fingerprint density at radius 2 is 2.24 bits per heavy atom. The lowest BCUT2D eigenvalue weighted by Crippen LogP contribution is -2.30. The number of anilines is 1. The van der Waals surface area contributed by atoms with Gasteiger partial charge in [-0.15, -0.1) is 0 Å². The molecule has 5 nitrogen and oxygen atoms in total. The van der Waals surface area contributed by atoms with Crippen LogP contribution in [0.1, 0.15) is 17.0 Å². The lowest BCUT2D eigenvalue weighted by Gasteiger charge is -2.12. The minimum absolute atomic E-state index is 0.0124. The van der Waals surface area contributed by atoms with Gasteiger partial charge in [0.25, 0.3) is 0 Å². The molecule has 0 saturated heterocycles. The lowest BCUT2D eigenvalue weighted by molar-refractivity contribution is -0.122. The number of hydrogen-bond acceptors (Lipinski definition) is 4. The third kappa shape index (κ3) is 2.67. The number of amides is 1. The second kappa shape index (κ2) is 5.83. The maximum absolute atomic E-state index is 12.4. The number of aromatic nitrogens is 1. The molecule has 3 rings (SSSR count). The summed E-state index contributed by atoms with van der Waals surface area (Å²) >= 11 is 0. The molecule has 21 heavy (non-hydrogen) atoms. The van der Waals surface area contributed by atoms with Crippen LogP contribution >= 0.6 is 0 Å². The number of carbonyl (C=O) groups is 1. The number of fused-ring (bicyclic) bond motifs is 1. The fraction of sp³-hybridized carbons (Fsp3) is 0.250. The molecule has 0 spiro atoms. The molecule has 0 aliphatic carbocycles. The van der Waals surface area contributed by atoms with Crippen molar-refractivity contribution in [3.05, 3.63) is 53.7 Å². The van der Waals surface area contributed by atoms with Crippen LogP contribution in [0.25, 0.3) is 0 Å².